The summed E-state index contributed by atoms with van der Waals surface area (Å²) in [6.45, 7) is 4.60. The van der Waals surface area contributed by atoms with E-state index in [1.165, 1.54) is 0 Å². The molecule has 0 aromatic heterocycles. The highest BCUT2D eigenvalue weighted by atomic mass is 16.5. The number of likely N-dealkylation sites (tertiary alicyclic amines) is 1. The van der Waals surface area contributed by atoms with Gasteiger partial charge in [-0.3, -0.25) is 4.79 Å². The normalized spacial score (nSPS) is 17.4. The van der Waals surface area contributed by atoms with Crippen LogP contribution in [-0.2, 0) is 4.79 Å². The van der Waals surface area contributed by atoms with Crippen LogP contribution in [0.5, 0.6) is 5.75 Å². The van der Waals surface area contributed by atoms with Gasteiger partial charge < -0.3 is 20.1 Å². The third kappa shape index (κ3) is 4.58. The molecule has 1 saturated heterocycles. The van der Waals surface area contributed by atoms with Gasteiger partial charge in [-0.05, 0) is 49.6 Å². The van der Waals surface area contributed by atoms with Gasteiger partial charge >= 0.3 is 12.0 Å². The monoisotopic (exact) mass is 368 g/mol. The molecule has 2 aromatic rings. The molecule has 0 spiro atoms. The fourth-order valence-electron chi connectivity index (χ4n) is 3.19. The van der Waals surface area contributed by atoms with E-state index in [1.54, 1.807) is 4.90 Å². The first-order chi connectivity index (χ1) is 12.9. The Balaban J connectivity index is 1.61. The highest BCUT2D eigenvalue weighted by molar-refractivity contribution is 5.91. The molecule has 3 rings (SSSR count). The van der Waals surface area contributed by atoms with E-state index < -0.39 is 11.9 Å². The second-order valence-corrected chi connectivity index (χ2v) is 6.85. The Kier molecular flexibility index (Phi) is 5.64. The van der Waals surface area contributed by atoms with Crippen molar-refractivity contribution in [2.75, 3.05) is 18.4 Å². The zero-order valence-corrected chi connectivity index (χ0v) is 15.5. The van der Waals surface area contributed by atoms with Crippen LogP contribution in [-0.4, -0.2) is 35.1 Å². The number of carbonyl (C=O) groups is 2. The van der Waals surface area contributed by atoms with E-state index in [0.29, 0.717) is 18.7 Å². The first-order valence-electron chi connectivity index (χ1n) is 9.05. The first-order valence-corrected chi connectivity index (χ1v) is 9.05. The van der Waals surface area contributed by atoms with Crippen LogP contribution in [0.1, 0.15) is 30.6 Å². The number of nitrogens with zero attached hydrogens (tertiary/aromatic N) is 1. The van der Waals surface area contributed by atoms with Gasteiger partial charge in [0.05, 0.1) is 5.92 Å². The van der Waals surface area contributed by atoms with Crippen LogP contribution >= 0.6 is 0 Å². The summed E-state index contributed by atoms with van der Waals surface area (Å²) < 4.78 is 5.99. The third-order valence-electron chi connectivity index (χ3n) is 4.85. The number of aliphatic carboxylic acids is 1. The maximum atomic E-state index is 12.4. The Labute approximate surface area is 158 Å². The van der Waals surface area contributed by atoms with E-state index in [2.05, 4.69) is 5.32 Å². The number of rotatable bonds is 5. The van der Waals surface area contributed by atoms with Crippen molar-refractivity contribution in [3.63, 3.8) is 0 Å². The van der Waals surface area contributed by atoms with Crippen LogP contribution in [0.4, 0.5) is 10.5 Å². The van der Waals surface area contributed by atoms with Crippen LogP contribution < -0.4 is 10.1 Å². The van der Waals surface area contributed by atoms with Crippen molar-refractivity contribution in [2.24, 2.45) is 5.92 Å². The number of amides is 2. The van der Waals surface area contributed by atoms with E-state index in [-0.39, 0.29) is 18.7 Å². The summed E-state index contributed by atoms with van der Waals surface area (Å²) in [5.41, 5.74) is 2.67. The minimum absolute atomic E-state index is 0.0800. The van der Waals surface area contributed by atoms with Gasteiger partial charge in [0, 0.05) is 18.8 Å². The minimum Gasteiger partial charge on any atom is -0.486 e. The molecule has 0 saturated carbocycles. The number of ether oxygens (including phenoxy) is 1. The average molecular weight is 368 g/mol. The zero-order valence-electron chi connectivity index (χ0n) is 15.5. The standard InChI is InChI=1S/C21H24N2O4/c1-14-12-18(27-15(2)16-6-4-3-5-7-16)8-9-19(14)22-21(26)23-11-10-17(13-23)20(24)25/h3-9,12,15,17H,10-11,13H2,1-2H3,(H,22,26)(H,24,25). The molecule has 6 nitrogen and oxygen atoms in total. The molecule has 1 aliphatic rings. The molecule has 0 radical (unpaired) electrons. The Hall–Kier alpha value is -3.02. The van der Waals surface area contributed by atoms with Crippen molar-refractivity contribution in [2.45, 2.75) is 26.4 Å². The van der Waals surface area contributed by atoms with Crippen molar-refractivity contribution in [1.82, 2.24) is 4.90 Å². The van der Waals surface area contributed by atoms with Crippen LogP contribution in [0.15, 0.2) is 48.5 Å². The van der Waals surface area contributed by atoms with Crippen molar-refractivity contribution in [1.29, 1.82) is 0 Å². The molecular formula is C21H24N2O4. The third-order valence-corrected chi connectivity index (χ3v) is 4.85. The summed E-state index contributed by atoms with van der Waals surface area (Å²) in [5, 5.41) is 11.9. The molecule has 2 N–H and O–H groups in total. The predicted molar refractivity (Wildman–Crippen MR) is 103 cm³/mol. The fourth-order valence-corrected chi connectivity index (χ4v) is 3.19. The van der Waals surface area contributed by atoms with Crippen molar-refractivity contribution < 1.29 is 19.4 Å². The van der Waals surface area contributed by atoms with Crippen LogP contribution in [0.3, 0.4) is 0 Å². The number of hydrogen-bond donors (Lipinski definition) is 2. The molecule has 2 amide bonds. The quantitative estimate of drug-likeness (QED) is 0.834. The zero-order chi connectivity index (χ0) is 19.4. The summed E-state index contributed by atoms with van der Waals surface area (Å²) in [4.78, 5) is 25.0. The topological polar surface area (TPSA) is 78.9 Å². The average Bonchev–Trinajstić information content (AvgIpc) is 3.15. The summed E-state index contributed by atoms with van der Waals surface area (Å²) >= 11 is 0. The molecule has 1 fully saturated rings. The van der Waals surface area contributed by atoms with E-state index in [9.17, 15) is 9.59 Å². The van der Waals surface area contributed by atoms with Crippen molar-refractivity contribution in [3.8, 4) is 5.75 Å². The molecule has 2 aromatic carbocycles. The van der Waals surface area contributed by atoms with Gasteiger partial charge in [-0.25, -0.2) is 4.79 Å². The molecule has 1 aliphatic heterocycles. The van der Waals surface area contributed by atoms with Gasteiger partial charge in [0.25, 0.3) is 0 Å². The number of urea groups is 1. The molecule has 27 heavy (non-hydrogen) atoms. The van der Waals surface area contributed by atoms with Gasteiger partial charge in [0.1, 0.15) is 11.9 Å². The maximum absolute atomic E-state index is 12.4. The number of hydrogen-bond acceptors (Lipinski definition) is 3. The molecule has 2 unspecified atom stereocenters. The molecule has 2 atom stereocenters. The number of carboxylic acid groups (broad SMARTS) is 1. The molecule has 0 bridgehead atoms. The van der Waals surface area contributed by atoms with Crippen LogP contribution in [0, 0.1) is 12.8 Å². The molecule has 0 aliphatic carbocycles. The van der Waals surface area contributed by atoms with Crippen LogP contribution in [0.2, 0.25) is 0 Å². The smallest absolute Gasteiger partial charge is 0.321 e. The SMILES string of the molecule is Cc1cc(OC(C)c2ccccc2)ccc1NC(=O)N1CCC(C(=O)O)C1. The van der Waals surface area contributed by atoms with Crippen LogP contribution in [0.25, 0.3) is 0 Å². The highest BCUT2D eigenvalue weighted by Crippen LogP contribution is 2.27. The van der Waals surface area contributed by atoms with E-state index >= 15 is 0 Å². The molecule has 142 valence electrons. The summed E-state index contributed by atoms with van der Waals surface area (Å²) in [5.74, 6) is -0.600. The molecular weight excluding hydrogens is 344 g/mol. The van der Waals surface area contributed by atoms with Gasteiger partial charge in [-0.1, -0.05) is 30.3 Å². The first kappa shape index (κ1) is 18.8. The lowest BCUT2D eigenvalue weighted by Crippen LogP contribution is -2.34. The lowest BCUT2D eigenvalue weighted by molar-refractivity contribution is -0.141. The van der Waals surface area contributed by atoms with Crippen molar-refractivity contribution >= 4 is 17.7 Å². The molecule has 1 heterocycles. The maximum Gasteiger partial charge on any atom is 0.321 e. The van der Waals surface area contributed by atoms with E-state index in [0.717, 1.165) is 16.9 Å². The van der Waals surface area contributed by atoms with Gasteiger partial charge in [0.2, 0.25) is 0 Å². The molecule has 6 heteroatoms. The second kappa shape index (κ2) is 8.12. The Morgan fingerprint density at radius 3 is 2.59 bits per heavy atom. The minimum atomic E-state index is -0.851. The predicted octanol–water partition coefficient (Wildman–Crippen LogP) is 4.07. The van der Waals surface area contributed by atoms with Gasteiger partial charge in [-0.15, -0.1) is 0 Å². The number of aryl methyl sites for hydroxylation is 1. The number of anilines is 1. The number of carboxylic acids is 1. The Morgan fingerprint density at radius 2 is 1.96 bits per heavy atom. The second-order valence-electron chi connectivity index (χ2n) is 6.85. The number of carbonyl (C=O) groups excluding carboxylic acids is 1. The summed E-state index contributed by atoms with van der Waals surface area (Å²) in [6.07, 6.45) is 0.412. The number of benzene rings is 2. The van der Waals surface area contributed by atoms with E-state index in [1.807, 2.05) is 62.4 Å². The van der Waals surface area contributed by atoms with Gasteiger partial charge in [-0.2, -0.15) is 0 Å². The highest BCUT2D eigenvalue weighted by Gasteiger charge is 2.30. The Morgan fingerprint density at radius 1 is 1.22 bits per heavy atom. The summed E-state index contributed by atoms with van der Waals surface area (Å²) in [7, 11) is 0. The lowest BCUT2D eigenvalue weighted by Gasteiger charge is -2.19. The van der Waals surface area contributed by atoms with E-state index in [4.69, 9.17) is 9.84 Å². The summed E-state index contributed by atoms with van der Waals surface area (Å²) in [6, 6.07) is 15.2. The van der Waals surface area contributed by atoms with Gasteiger partial charge in [0.15, 0.2) is 0 Å². The largest absolute Gasteiger partial charge is 0.486 e. The lowest BCUT2D eigenvalue weighted by atomic mass is 10.1. The fraction of sp³-hybridized carbons (Fsp3) is 0.333. The number of nitrogens with one attached hydrogen (secondary N) is 1. The van der Waals surface area contributed by atoms with Crippen molar-refractivity contribution in [3.05, 3.63) is 59.7 Å². The Bertz CT molecular complexity index is 822.